The van der Waals surface area contributed by atoms with Gasteiger partial charge < -0.3 is 4.74 Å². The number of ether oxygens (including phenoxy) is 1. The monoisotopic (exact) mass is 220 g/mol. The molecule has 16 heavy (non-hydrogen) atoms. The van der Waals surface area contributed by atoms with Gasteiger partial charge >= 0.3 is 0 Å². The molecule has 1 nitrogen and oxygen atoms in total. The summed E-state index contributed by atoms with van der Waals surface area (Å²) in [6.07, 6.45) is 3.37. The van der Waals surface area contributed by atoms with Gasteiger partial charge in [-0.05, 0) is 36.3 Å². The van der Waals surface area contributed by atoms with Gasteiger partial charge in [-0.1, -0.05) is 45.0 Å². The van der Waals surface area contributed by atoms with Crippen LogP contribution in [0.5, 0.6) is 0 Å². The lowest BCUT2D eigenvalue weighted by Gasteiger charge is -2.08. The van der Waals surface area contributed by atoms with Gasteiger partial charge in [-0.25, -0.2) is 0 Å². The zero-order chi connectivity index (χ0) is 11.8. The highest BCUT2D eigenvalue weighted by molar-refractivity contribution is 5.25. The van der Waals surface area contributed by atoms with Crippen molar-refractivity contribution in [1.82, 2.24) is 0 Å². The highest BCUT2D eigenvalue weighted by atomic mass is 16.5. The molecule has 0 aliphatic rings. The van der Waals surface area contributed by atoms with Crippen LogP contribution in [0.3, 0.4) is 0 Å². The highest BCUT2D eigenvalue weighted by Gasteiger charge is 2.00. The SMILES string of the molecule is CCCOCCCc1cccc(C(C)C)c1. The van der Waals surface area contributed by atoms with Crippen molar-refractivity contribution in [1.29, 1.82) is 0 Å². The van der Waals surface area contributed by atoms with Gasteiger partial charge in [-0.15, -0.1) is 0 Å². The van der Waals surface area contributed by atoms with Crippen LogP contribution >= 0.6 is 0 Å². The molecule has 0 amide bonds. The van der Waals surface area contributed by atoms with Crippen LogP contribution in [0.15, 0.2) is 24.3 Å². The van der Waals surface area contributed by atoms with E-state index < -0.39 is 0 Å². The predicted molar refractivity (Wildman–Crippen MR) is 70.0 cm³/mol. The van der Waals surface area contributed by atoms with Crippen molar-refractivity contribution in [3.8, 4) is 0 Å². The van der Waals surface area contributed by atoms with E-state index in [9.17, 15) is 0 Å². The molecule has 0 fully saturated rings. The molecular formula is C15H24O. The molecule has 0 heterocycles. The largest absolute Gasteiger partial charge is 0.381 e. The Kier molecular flexibility index (Phi) is 6.17. The molecule has 0 bridgehead atoms. The Hall–Kier alpha value is -0.820. The standard InChI is InChI=1S/C15H24O/c1-4-10-16-11-6-8-14-7-5-9-15(12-14)13(2)3/h5,7,9,12-13H,4,6,8,10-11H2,1-3H3. The van der Waals surface area contributed by atoms with Crippen LogP contribution in [0.2, 0.25) is 0 Å². The van der Waals surface area contributed by atoms with Crippen molar-refractivity contribution in [3.63, 3.8) is 0 Å². The van der Waals surface area contributed by atoms with Crippen LogP contribution in [0.4, 0.5) is 0 Å². The first-order chi connectivity index (χ1) is 7.74. The smallest absolute Gasteiger partial charge is 0.0469 e. The molecule has 1 rings (SSSR count). The summed E-state index contributed by atoms with van der Waals surface area (Å²) in [4.78, 5) is 0. The summed E-state index contributed by atoms with van der Waals surface area (Å²) in [5.74, 6) is 0.622. The molecule has 0 radical (unpaired) electrons. The molecule has 0 saturated carbocycles. The first kappa shape index (κ1) is 13.2. The van der Waals surface area contributed by atoms with Crippen LogP contribution in [0, 0.1) is 0 Å². The van der Waals surface area contributed by atoms with E-state index in [-0.39, 0.29) is 0 Å². The van der Waals surface area contributed by atoms with E-state index in [2.05, 4.69) is 45.0 Å². The second kappa shape index (κ2) is 7.45. The van der Waals surface area contributed by atoms with Gasteiger partial charge in [-0.2, -0.15) is 0 Å². The Balaban J connectivity index is 2.33. The molecule has 1 aromatic carbocycles. The molecule has 0 spiro atoms. The summed E-state index contributed by atoms with van der Waals surface area (Å²) in [6.45, 7) is 8.41. The highest BCUT2D eigenvalue weighted by Crippen LogP contribution is 2.16. The third-order valence-corrected chi connectivity index (χ3v) is 2.72. The fourth-order valence-corrected chi connectivity index (χ4v) is 1.73. The zero-order valence-electron chi connectivity index (χ0n) is 10.8. The number of rotatable bonds is 7. The fourth-order valence-electron chi connectivity index (χ4n) is 1.73. The number of benzene rings is 1. The lowest BCUT2D eigenvalue weighted by atomic mass is 9.99. The molecule has 0 N–H and O–H groups in total. The Bertz CT molecular complexity index is 291. The summed E-state index contributed by atoms with van der Waals surface area (Å²) in [5.41, 5.74) is 2.87. The summed E-state index contributed by atoms with van der Waals surface area (Å²) >= 11 is 0. The molecule has 0 aliphatic carbocycles. The van der Waals surface area contributed by atoms with Crippen molar-refractivity contribution in [2.75, 3.05) is 13.2 Å². The van der Waals surface area contributed by atoms with Gasteiger partial charge in [0, 0.05) is 13.2 Å². The van der Waals surface area contributed by atoms with E-state index in [4.69, 9.17) is 4.74 Å². The predicted octanol–water partition coefficient (Wildman–Crippen LogP) is 4.17. The normalized spacial score (nSPS) is 11.0. The van der Waals surface area contributed by atoms with Gasteiger partial charge in [0.05, 0.1) is 0 Å². The van der Waals surface area contributed by atoms with E-state index in [1.54, 1.807) is 0 Å². The molecule has 1 heteroatoms. The van der Waals surface area contributed by atoms with E-state index in [0.29, 0.717) is 5.92 Å². The maximum Gasteiger partial charge on any atom is 0.0469 e. The minimum atomic E-state index is 0.622. The number of hydrogen-bond donors (Lipinski definition) is 0. The molecule has 0 saturated heterocycles. The molecule has 0 aliphatic heterocycles. The third-order valence-electron chi connectivity index (χ3n) is 2.72. The van der Waals surface area contributed by atoms with Gasteiger partial charge in [0.25, 0.3) is 0 Å². The minimum absolute atomic E-state index is 0.622. The summed E-state index contributed by atoms with van der Waals surface area (Å²) < 4.78 is 5.48. The Labute approximate surface area is 99.8 Å². The number of aryl methyl sites for hydroxylation is 1. The van der Waals surface area contributed by atoms with E-state index in [0.717, 1.165) is 32.5 Å². The van der Waals surface area contributed by atoms with Crippen LogP contribution in [0.1, 0.15) is 50.7 Å². The number of hydrogen-bond acceptors (Lipinski definition) is 1. The average molecular weight is 220 g/mol. The first-order valence-corrected chi connectivity index (χ1v) is 6.40. The Morgan fingerprint density at radius 3 is 2.69 bits per heavy atom. The molecule has 0 atom stereocenters. The molecule has 0 unspecified atom stereocenters. The van der Waals surface area contributed by atoms with Crippen LogP contribution < -0.4 is 0 Å². The van der Waals surface area contributed by atoms with Crippen molar-refractivity contribution < 1.29 is 4.74 Å². The molecule has 1 aromatic rings. The average Bonchev–Trinajstić information content (AvgIpc) is 2.29. The van der Waals surface area contributed by atoms with Crippen molar-refractivity contribution >= 4 is 0 Å². The minimum Gasteiger partial charge on any atom is -0.381 e. The van der Waals surface area contributed by atoms with Gasteiger partial charge in [-0.3, -0.25) is 0 Å². The van der Waals surface area contributed by atoms with E-state index in [1.165, 1.54) is 11.1 Å². The second-order valence-electron chi connectivity index (χ2n) is 4.62. The third kappa shape index (κ3) is 4.80. The Morgan fingerprint density at radius 2 is 2.00 bits per heavy atom. The first-order valence-electron chi connectivity index (χ1n) is 6.40. The maximum absolute atomic E-state index is 5.48. The van der Waals surface area contributed by atoms with Gasteiger partial charge in [0.15, 0.2) is 0 Å². The summed E-state index contributed by atoms with van der Waals surface area (Å²) in [7, 11) is 0. The van der Waals surface area contributed by atoms with Crippen molar-refractivity contribution in [3.05, 3.63) is 35.4 Å². The quantitative estimate of drug-likeness (QED) is 0.627. The second-order valence-corrected chi connectivity index (χ2v) is 4.62. The fraction of sp³-hybridized carbons (Fsp3) is 0.600. The summed E-state index contributed by atoms with van der Waals surface area (Å²) in [5, 5.41) is 0. The van der Waals surface area contributed by atoms with Crippen molar-refractivity contribution in [2.45, 2.75) is 46.0 Å². The molecule has 90 valence electrons. The van der Waals surface area contributed by atoms with Crippen LogP contribution in [-0.2, 0) is 11.2 Å². The van der Waals surface area contributed by atoms with E-state index in [1.807, 2.05) is 0 Å². The van der Waals surface area contributed by atoms with Crippen molar-refractivity contribution in [2.24, 2.45) is 0 Å². The topological polar surface area (TPSA) is 9.23 Å². The van der Waals surface area contributed by atoms with Gasteiger partial charge in [0.2, 0.25) is 0 Å². The molecular weight excluding hydrogens is 196 g/mol. The molecule has 0 aromatic heterocycles. The lowest BCUT2D eigenvalue weighted by Crippen LogP contribution is -1.98. The Morgan fingerprint density at radius 1 is 1.19 bits per heavy atom. The lowest BCUT2D eigenvalue weighted by molar-refractivity contribution is 0.132. The van der Waals surface area contributed by atoms with E-state index >= 15 is 0 Å². The summed E-state index contributed by atoms with van der Waals surface area (Å²) in [6, 6.07) is 8.91. The maximum atomic E-state index is 5.48. The van der Waals surface area contributed by atoms with Crippen LogP contribution in [-0.4, -0.2) is 13.2 Å². The van der Waals surface area contributed by atoms with Crippen LogP contribution in [0.25, 0.3) is 0 Å². The zero-order valence-corrected chi connectivity index (χ0v) is 10.8. The van der Waals surface area contributed by atoms with Gasteiger partial charge in [0.1, 0.15) is 0 Å².